The van der Waals surface area contributed by atoms with E-state index in [0.29, 0.717) is 11.5 Å². The summed E-state index contributed by atoms with van der Waals surface area (Å²) in [5.74, 6) is 0.690. The molecule has 0 aromatic heterocycles. The molecule has 80 valence electrons. The third-order valence-electron chi connectivity index (χ3n) is 1.16. The molecular formula is C8H14N2O3S. The summed E-state index contributed by atoms with van der Waals surface area (Å²) in [7, 11) is 1.43. The largest absolute Gasteiger partial charge is 0.616 e. The second-order valence-electron chi connectivity index (χ2n) is 2.49. The fraction of sp³-hybridized carbons (Fsp3) is 0.500. The minimum absolute atomic E-state index is 0.281. The molecule has 0 bridgehead atoms. The van der Waals surface area contributed by atoms with E-state index < -0.39 is 17.3 Å². The SMILES string of the molecule is C=CC[S+]([O-])CC(C)=NOC(=O)NC. The monoisotopic (exact) mass is 218 g/mol. The predicted molar refractivity (Wildman–Crippen MR) is 56.7 cm³/mol. The van der Waals surface area contributed by atoms with Crippen molar-refractivity contribution in [1.82, 2.24) is 5.32 Å². The van der Waals surface area contributed by atoms with Crippen molar-refractivity contribution in [3.63, 3.8) is 0 Å². The molecule has 0 aromatic rings. The molecule has 0 fully saturated rings. The van der Waals surface area contributed by atoms with Crippen molar-refractivity contribution in [3.8, 4) is 0 Å². The number of hydrogen-bond acceptors (Lipinski definition) is 4. The van der Waals surface area contributed by atoms with E-state index in [1.165, 1.54) is 7.05 Å². The maximum atomic E-state index is 11.2. The van der Waals surface area contributed by atoms with Gasteiger partial charge in [0.1, 0.15) is 17.2 Å². The lowest BCUT2D eigenvalue weighted by Crippen LogP contribution is -2.20. The molecule has 1 atom stereocenters. The van der Waals surface area contributed by atoms with Crippen LogP contribution in [0.2, 0.25) is 0 Å². The van der Waals surface area contributed by atoms with Crippen LogP contribution in [0.15, 0.2) is 17.8 Å². The van der Waals surface area contributed by atoms with Crippen molar-refractivity contribution in [3.05, 3.63) is 12.7 Å². The van der Waals surface area contributed by atoms with Crippen LogP contribution in [-0.4, -0.2) is 34.9 Å². The van der Waals surface area contributed by atoms with Crippen molar-refractivity contribution in [1.29, 1.82) is 0 Å². The van der Waals surface area contributed by atoms with Crippen LogP contribution in [-0.2, 0) is 16.0 Å². The van der Waals surface area contributed by atoms with Crippen LogP contribution in [0.3, 0.4) is 0 Å². The molecule has 6 heteroatoms. The summed E-state index contributed by atoms with van der Waals surface area (Å²) in [4.78, 5) is 15.0. The number of carbonyl (C=O) groups is 1. The molecule has 0 aliphatic carbocycles. The van der Waals surface area contributed by atoms with Gasteiger partial charge in [-0.3, -0.25) is 4.84 Å². The summed E-state index contributed by atoms with van der Waals surface area (Å²) in [6.45, 7) is 5.11. The Hall–Kier alpha value is -1.01. The minimum atomic E-state index is -1.03. The van der Waals surface area contributed by atoms with E-state index in [9.17, 15) is 9.35 Å². The lowest BCUT2D eigenvalue weighted by Gasteiger charge is -2.07. The average molecular weight is 218 g/mol. The maximum Gasteiger partial charge on any atom is 0.433 e. The summed E-state index contributed by atoms with van der Waals surface area (Å²) < 4.78 is 11.2. The summed E-state index contributed by atoms with van der Waals surface area (Å²) >= 11 is -1.03. The van der Waals surface area contributed by atoms with Gasteiger partial charge in [0.25, 0.3) is 0 Å². The van der Waals surface area contributed by atoms with Crippen molar-refractivity contribution in [2.75, 3.05) is 18.6 Å². The second-order valence-corrected chi connectivity index (χ2v) is 4.00. The lowest BCUT2D eigenvalue weighted by atomic mass is 10.5. The molecule has 0 radical (unpaired) electrons. The molecule has 0 aliphatic heterocycles. The first-order valence-corrected chi connectivity index (χ1v) is 5.47. The number of hydrogen-bond donors (Lipinski definition) is 1. The average Bonchev–Trinajstić information content (AvgIpc) is 2.14. The van der Waals surface area contributed by atoms with Crippen LogP contribution in [0.4, 0.5) is 4.79 Å². The molecule has 0 heterocycles. The fourth-order valence-electron chi connectivity index (χ4n) is 0.615. The Morgan fingerprint density at radius 1 is 1.79 bits per heavy atom. The highest BCUT2D eigenvalue weighted by atomic mass is 32.2. The highest BCUT2D eigenvalue weighted by Crippen LogP contribution is 1.94. The molecule has 0 saturated carbocycles. The number of carbonyl (C=O) groups excluding carboxylic acids is 1. The number of nitrogens with zero attached hydrogens (tertiary/aromatic N) is 1. The molecular weight excluding hydrogens is 204 g/mol. The quantitative estimate of drug-likeness (QED) is 0.242. The molecule has 1 amide bonds. The third-order valence-corrected chi connectivity index (χ3v) is 2.51. The molecule has 0 rings (SSSR count). The number of amides is 1. The normalized spacial score (nSPS) is 13.2. The molecule has 14 heavy (non-hydrogen) atoms. The lowest BCUT2D eigenvalue weighted by molar-refractivity contribution is 0.153. The molecule has 5 nitrogen and oxygen atoms in total. The van der Waals surface area contributed by atoms with Crippen LogP contribution in [0.5, 0.6) is 0 Å². The zero-order valence-electron chi connectivity index (χ0n) is 8.28. The second kappa shape index (κ2) is 7.40. The van der Waals surface area contributed by atoms with Gasteiger partial charge in [-0.05, 0) is 24.2 Å². The highest BCUT2D eigenvalue weighted by Gasteiger charge is 2.06. The maximum absolute atomic E-state index is 11.2. The van der Waals surface area contributed by atoms with Crippen molar-refractivity contribution in [2.45, 2.75) is 6.92 Å². The smallest absolute Gasteiger partial charge is 0.433 e. The van der Waals surface area contributed by atoms with Crippen LogP contribution < -0.4 is 5.32 Å². The number of rotatable bonds is 5. The van der Waals surface area contributed by atoms with Crippen LogP contribution in [0.25, 0.3) is 0 Å². The van der Waals surface area contributed by atoms with E-state index in [0.717, 1.165) is 0 Å². The van der Waals surface area contributed by atoms with Crippen LogP contribution in [0.1, 0.15) is 6.92 Å². The Morgan fingerprint density at radius 2 is 2.43 bits per heavy atom. The minimum Gasteiger partial charge on any atom is -0.616 e. The molecule has 0 spiro atoms. The molecule has 1 N–H and O–H groups in total. The third kappa shape index (κ3) is 6.50. The van der Waals surface area contributed by atoms with Gasteiger partial charge in [0.05, 0.1) is 0 Å². The zero-order valence-corrected chi connectivity index (χ0v) is 9.10. The first kappa shape index (κ1) is 13.0. The van der Waals surface area contributed by atoms with Gasteiger partial charge < -0.3 is 9.87 Å². The fourth-order valence-corrected chi connectivity index (χ4v) is 1.51. The van der Waals surface area contributed by atoms with E-state index in [1.54, 1.807) is 13.0 Å². The molecule has 0 aliphatic rings. The van der Waals surface area contributed by atoms with Crippen molar-refractivity contribution < 1.29 is 14.2 Å². The molecule has 0 saturated heterocycles. The van der Waals surface area contributed by atoms with Crippen LogP contribution >= 0.6 is 0 Å². The van der Waals surface area contributed by atoms with Gasteiger partial charge >= 0.3 is 6.09 Å². The van der Waals surface area contributed by atoms with Gasteiger partial charge in [-0.15, -0.1) is 0 Å². The Balaban J connectivity index is 3.87. The van der Waals surface area contributed by atoms with E-state index >= 15 is 0 Å². The van der Waals surface area contributed by atoms with Gasteiger partial charge in [-0.2, -0.15) is 0 Å². The van der Waals surface area contributed by atoms with Gasteiger partial charge in [-0.1, -0.05) is 11.7 Å². The first-order chi connectivity index (χ1) is 6.60. The van der Waals surface area contributed by atoms with Gasteiger partial charge in [0, 0.05) is 7.05 Å². The van der Waals surface area contributed by atoms with Gasteiger partial charge in [-0.25, -0.2) is 4.79 Å². The van der Waals surface area contributed by atoms with E-state index in [4.69, 9.17) is 0 Å². The number of nitrogens with one attached hydrogen (secondary N) is 1. The summed E-state index contributed by atoms with van der Waals surface area (Å²) in [5, 5.41) is 5.73. The number of oxime groups is 1. The predicted octanol–water partition coefficient (Wildman–Crippen LogP) is 0.653. The molecule has 1 unspecified atom stereocenters. The summed E-state index contributed by atoms with van der Waals surface area (Å²) in [6.07, 6.45) is 0.932. The topological polar surface area (TPSA) is 73.8 Å². The Bertz CT molecular complexity index is 231. The standard InChI is InChI=1S/C8H14N2O3S/c1-4-5-14(12)6-7(2)10-13-8(11)9-3/h4H,1,5-6H2,2-3H3,(H,9,11). The summed E-state index contributed by atoms with van der Waals surface area (Å²) in [6, 6.07) is 0. The molecule has 0 aromatic carbocycles. The van der Waals surface area contributed by atoms with E-state index in [2.05, 4.69) is 21.9 Å². The van der Waals surface area contributed by atoms with Crippen molar-refractivity contribution >= 4 is 23.0 Å². The Kier molecular flexibility index (Phi) is 6.87. The Labute approximate surface area is 86.4 Å². The first-order valence-electron chi connectivity index (χ1n) is 3.98. The van der Waals surface area contributed by atoms with E-state index in [-0.39, 0.29) is 5.75 Å². The van der Waals surface area contributed by atoms with Crippen molar-refractivity contribution in [2.24, 2.45) is 5.16 Å². The Morgan fingerprint density at radius 3 is 2.93 bits per heavy atom. The zero-order chi connectivity index (χ0) is 11.0. The van der Waals surface area contributed by atoms with E-state index in [1.807, 2.05) is 0 Å². The summed E-state index contributed by atoms with van der Waals surface area (Å²) in [5.41, 5.74) is 0.508. The van der Waals surface area contributed by atoms with Gasteiger partial charge in [0.15, 0.2) is 0 Å². The van der Waals surface area contributed by atoms with Gasteiger partial charge in [0.2, 0.25) is 0 Å². The highest BCUT2D eigenvalue weighted by molar-refractivity contribution is 7.92. The van der Waals surface area contributed by atoms with Crippen LogP contribution in [0, 0.1) is 0 Å².